The van der Waals surface area contributed by atoms with Gasteiger partial charge in [0.25, 0.3) is 0 Å². The van der Waals surface area contributed by atoms with Crippen LogP contribution in [0.25, 0.3) is 54.9 Å². The zero-order chi connectivity index (χ0) is 20.1. The maximum absolute atomic E-state index is 5.90. The molecule has 0 saturated carbocycles. The molecular formula is C23H16N6S. The Hall–Kier alpha value is -3.97. The van der Waals surface area contributed by atoms with E-state index in [-0.39, 0.29) is 0 Å². The quantitative estimate of drug-likeness (QED) is 0.361. The van der Waals surface area contributed by atoms with Gasteiger partial charge in [0.1, 0.15) is 0 Å². The van der Waals surface area contributed by atoms with Crippen molar-refractivity contribution in [3.63, 3.8) is 0 Å². The SMILES string of the molecule is Nc1cncc(-c2cnc3n[nH]c(-c4cc5c(-c6cccs6)cccc5[nH]4)c3c2)c1. The van der Waals surface area contributed by atoms with Crippen LogP contribution in [0.15, 0.2) is 72.5 Å². The number of anilines is 1. The highest BCUT2D eigenvalue weighted by Crippen LogP contribution is 2.36. The second-order valence-corrected chi connectivity index (χ2v) is 8.08. The van der Waals surface area contributed by atoms with E-state index in [1.165, 1.54) is 15.8 Å². The van der Waals surface area contributed by atoms with Gasteiger partial charge in [-0.05, 0) is 35.7 Å². The van der Waals surface area contributed by atoms with Crippen LogP contribution in [0.5, 0.6) is 0 Å². The van der Waals surface area contributed by atoms with Crippen molar-refractivity contribution in [2.75, 3.05) is 5.73 Å². The predicted octanol–water partition coefficient (Wildman–Crippen LogP) is 5.48. The summed E-state index contributed by atoms with van der Waals surface area (Å²) in [6, 6.07) is 16.7. The average molecular weight is 408 g/mol. The van der Waals surface area contributed by atoms with Crippen LogP contribution in [-0.2, 0) is 0 Å². The van der Waals surface area contributed by atoms with E-state index in [0.717, 1.165) is 33.4 Å². The number of hydrogen-bond acceptors (Lipinski definition) is 5. The lowest BCUT2D eigenvalue weighted by atomic mass is 10.1. The van der Waals surface area contributed by atoms with Gasteiger partial charge in [0, 0.05) is 56.4 Å². The molecule has 6 rings (SSSR count). The van der Waals surface area contributed by atoms with Crippen LogP contribution < -0.4 is 5.73 Å². The normalized spacial score (nSPS) is 11.5. The summed E-state index contributed by atoms with van der Waals surface area (Å²) in [6.07, 6.45) is 5.22. The molecular weight excluding hydrogens is 392 g/mol. The number of nitrogens with zero attached hydrogens (tertiary/aromatic N) is 3. The fourth-order valence-corrected chi connectivity index (χ4v) is 4.58. The largest absolute Gasteiger partial charge is 0.397 e. The molecule has 7 heteroatoms. The topological polar surface area (TPSA) is 96.3 Å². The van der Waals surface area contributed by atoms with Gasteiger partial charge in [0.15, 0.2) is 5.65 Å². The molecule has 0 aliphatic rings. The first-order chi connectivity index (χ1) is 14.8. The Morgan fingerprint density at radius 3 is 2.70 bits per heavy atom. The van der Waals surface area contributed by atoms with Crippen LogP contribution in [0.1, 0.15) is 0 Å². The molecule has 0 aliphatic carbocycles. The molecule has 6 nitrogen and oxygen atoms in total. The first-order valence-corrected chi connectivity index (χ1v) is 10.4. The molecule has 30 heavy (non-hydrogen) atoms. The van der Waals surface area contributed by atoms with Crippen LogP contribution in [0, 0.1) is 0 Å². The van der Waals surface area contributed by atoms with Gasteiger partial charge in [-0.2, -0.15) is 5.10 Å². The van der Waals surface area contributed by atoms with Crippen LogP contribution >= 0.6 is 11.3 Å². The highest BCUT2D eigenvalue weighted by atomic mass is 32.1. The molecule has 0 radical (unpaired) electrons. The van der Waals surface area contributed by atoms with Crippen LogP contribution in [0.4, 0.5) is 5.69 Å². The third-order valence-corrected chi connectivity index (χ3v) is 6.13. The van der Waals surface area contributed by atoms with Crippen molar-refractivity contribution >= 4 is 39.0 Å². The zero-order valence-corrected chi connectivity index (χ0v) is 16.6. The van der Waals surface area contributed by atoms with Gasteiger partial charge in [-0.1, -0.05) is 18.2 Å². The van der Waals surface area contributed by atoms with E-state index in [1.54, 1.807) is 29.9 Å². The minimum Gasteiger partial charge on any atom is -0.397 e. The molecule has 6 aromatic rings. The fourth-order valence-electron chi connectivity index (χ4n) is 3.82. The third-order valence-electron chi connectivity index (χ3n) is 5.22. The number of thiophene rings is 1. The van der Waals surface area contributed by atoms with Gasteiger partial charge in [-0.15, -0.1) is 11.3 Å². The first-order valence-electron chi connectivity index (χ1n) is 9.47. The summed E-state index contributed by atoms with van der Waals surface area (Å²) in [4.78, 5) is 13.5. The lowest BCUT2D eigenvalue weighted by molar-refractivity contribution is 1.10. The maximum Gasteiger partial charge on any atom is 0.181 e. The zero-order valence-electron chi connectivity index (χ0n) is 15.8. The van der Waals surface area contributed by atoms with Gasteiger partial charge in [0.05, 0.1) is 17.1 Å². The number of benzene rings is 1. The molecule has 5 heterocycles. The number of fused-ring (bicyclic) bond motifs is 2. The van der Waals surface area contributed by atoms with Crippen LogP contribution in [0.3, 0.4) is 0 Å². The van der Waals surface area contributed by atoms with E-state index in [2.05, 4.69) is 73.0 Å². The summed E-state index contributed by atoms with van der Waals surface area (Å²) >= 11 is 1.74. The number of hydrogen-bond donors (Lipinski definition) is 3. The van der Waals surface area contributed by atoms with E-state index in [9.17, 15) is 0 Å². The van der Waals surface area contributed by atoms with Crippen LogP contribution in [-0.4, -0.2) is 25.1 Å². The van der Waals surface area contributed by atoms with Crippen molar-refractivity contribution in [2.45, 2.75) is 0 Å². The number of rotatable bonds is 3. The van der Waals surface area contributed by atoms with E-state index < -0.39 is 0 Å². The third kappa shape index (κ3) is 2.67. The number of pyridine rings is 2. The molecule has 144 valence electrons. The molecule has 5 aromatic heterocycles. The minimum atomic E-state index is 0.622. The van der Waals surface area contributed by atoms with E-state index in [0.29, 0.717) is 11.3 Å². The average Bonchev–Trinajstić information content (AvgIpc) is 3.51. The number of H-pyrrole nitrogens is 2. The molecule has 0 amide bonds. The molecule has 0 spiro atoms. The Morgan fingerprint density at radius 2 is 1.83 bits per heavy atom. The van der Waals surface area contributed by atoms with E-state index >= 15 is 0 Å². The molecule has 4 N–H and O–H groups in total. The molecule has 0 aliphatic heterocycles. The molecule has 0 bridgehead atoms. The Morgan fingerprint density at radius 1 is 0.900 bits per heavy atom. The fraction of sp³-hybridized carbons (Fsp3) is 0. The summed E-state index contributed by atoms with van der Waals surface area (Å²) in [5.41, 5.74) is 13.2. The summed E-state index contributed by atoms with van der Waals surface area (Å²) in [7, 11) is 0. The van der Waals surface area contributed by atoms with E-state index in [1.807, 2.05) is 6.07 Å². The molecule has 0 fully saturated rings. The number of aromatic nitrogens is 5. The maximum atomic E-state index is 5.90. The highest BCUT2D eigenvalue weighted by Gasteiger charge is 2.15. The Balaban J connectivity index is 1.52. The number of nitrogens with two attached hydrogens (primary N) is 1. The van der Waals surface area contributed by atoms with Gasteiger partial charge >= 0.3 is 0 Å². The number of nitrogens with one attached hydrogen (secondary N) is 2. The van der Waals surface area contributed by atoms with Crippen molar-refractivity contribution in [1.82, 2.24) is 25.1 Å². The van der Waals surface area contributed by atoms with Gasteiger partial charge in [-0.3, -0.25) is 10.1 Å². The standard InChI is InChI=1S/C23H16N6S/c24-15-7-13(10-25-12-15)14-8-18-22(28-29-23(18)26-11-14)20-9-17-16(21-5-2-6-30-21)3-1-4-19(17)27-20/h1-12,27H,24H2,(H,26,28,29). The molecule has 1 aromatic carbocycles. The molecule has 0 unspecified atom stereocenters. The monoisotopic (exact) mass is 408 g/mol. The van der Waals surface area contributed by atoms with Crippen molar-refractivity contribution < 1.29 is 0 Å². The van der Waals surface area contributed by atoms with Gasteiger partial charge < -0.3 is 10.7 Å². The second kappa shape index (κ2) is 6.53. The molecule has 0 atom stereocenters. The number of aromatic amines is 2. The van der Waals surface area contributed by atoms with Crippen molar-refractivity contribution in [2.24, 2.45) is 0 Å². The van der Waals surface area contributed by atoms with Gasteiger partial charge in [-0.25, -0.2) is 4.98 Å². The van der Waals surface area contributed by atoms with Gasteiger partial charge in [0.2, 0.25) is 0 Å². The van der Waals surface area contributed by atoms with E-state index in [4.69, 9.17) is 5.73 Å². The van der Waals surface area contributed by atoms with Crippen LogP contribution in [0.2, 0.25) is 0 Å². The van der Waals surface area contributed by atoms with Crippen molar-refractivity contribution in [3.8, 4) is 33.0 Å². The number of nitrogen functional groups attached to an aromatic ring is 1. The first kappa shape index (κ1) is 16.9. The lowest BCUT2D eigenvalue weighted by Crippen LogP contribution is -1.88. The summed E-state index contributed by atoms with van der Waals surface area (Å²) in [5.74, 6) is 0. The summed E-state index contributed by atoms with van der Waals surface area (Å²) < 4.78 is 0. The van der Waals surface area contributed by atoms with Crippen molar-refractivity contribution in [1.29, 1.82) is 0 Å². The highest BCUT2D eigenvalue weighted by molar-refractivity contribution is 7.13. The smallest absolute Gasteiger partial charge is 0.181 e. The minimum absolute atomic E-state index is 0.622. The Kier molecular flexibility index (Phi) is 3.69. The predicted molar refractivity (Wildman–Crippen MR) is 122 cm³/mol. The lowest BCUT2D eigenvalue weighted by Gasteiger charge is -2.02. The summed E-state index contributed by atoms with van der Waals surface area (Å²) in [5, 5.41) is 11.8. The van der Waals surface area contributed by atoms with Crippen molar-refractivity contribution in [3.05, 3.63) is 72.5 Å². The summed E-state index contributed by atoms with van der Waals surface area (Å²) in [6.45, 7) is 0. The Bertz CT molecular complexity index is 1510. The molecule has 0 saturated heterocycles. The second-order valence-electron chi connectivity index (χ2n) is 7.13. The Labute approximate surface area is 175 Å².